The van der Waals surface area contributed by atoms with Gasteiger partial charge in [0.15, 0.2) is 5.82 Å². The number of benzene rings is 1. The van der Waals surface area contributed by atoms with E-state index >= 15 is 0 Å². The highest BCUT2D eigenvalue weighted by atomic mass is 19.1. The lowest BCUT2D eigenvalue weighted by atomic mass is 10.2. The van der Waals surface area contributed by atoms with Crippen molar-refractivity contribution in [3.8, 4) is 5.82 Å². The van der Waals surface area contributed by atoms with E-state index in [0.717, 1.165) is 12.1 Å². The summed E-state index contributed by atoms with van der Waals surface area (Å²) in [5.74, 6) is -2.27. The van der Waals surface area contributed by atoms with Crippen molar-refractivity contribution >= 4 is 17.5 Å². The molecule has 0 saturated heterocycles. The number of pyridine rings is 1. The number of anilines is 1. The van der Waals surface area contributed by atoms with Crippen LogP contribution in [0.2, 0.25) is 0 Å². The molecule has 0 saturated carbocycles. The SMILES string of the molecule is O=C(CCNC(=O)c1ccc(F)cc1F)Nc1ccc(-n2cncn2)nc1. The third-order valence-electron chi connectivity index (χ3n) is 3.50. The van der Waals surface area contributed by atoms with Crippen molar-refractivity contribution in [2.75, 3.05) is 11.9 Å². The van der Waals surface area contributed by atoms with Gasteiger partial charge in [0.1, 0.15) is 24.3 Å². The van der Waals surface area contributed by atoms with Crippen LogP contribution in [-0.4, -0.2) is 38.1 Å². The van der Waals surface area contributed by atoms with E-state index in [4.69, 9.17) is 0 Å². The molecule has 8 nitrogen and oxygen atoms in total. The highest BCUT2D eigenvalue weighted by molar-refractivity contribution is 5.95. The summed E-state index contributed by atoms with van der Waals surface area (Å²) in [7, 11) is 0. The molecular formula is C17H14F2N6O2. The van der Waals surface area contributed by atoms with Gasteiger partial charge in [-0.15, -0.1) is 0 Å². The summed E-state index contributed by atoms with van der Waals surface area (Å²) in [4.78, 5) is 31.7. The van der Waals surface area contributed by atoms with Crippen molar-refractivity contribution in [2.45, 2.75) is 6.42 Å². The number of nitrogens with one attached hydrogen (secondary N) is 2. The first kappa shape index (κ1) is 18.1. The van der Waals surface area contributed by atoms with E-state index in [0.29, 0.717) is 17.6 Å². The van der Waals surface area contributed by atoms with Crippen LogP contribution in [-0.2, 0) is 4.79 Å². The maximum absolute atomic E-state index is 13.5. The van der Waals surface area contributed by atoms with Crippen LogP contribution in [0.3, 0.4) is 0 Å². The Hall–Kier alpha value is -3.69. The Morgan fingerprint density at radius 2 is 2.00 bits per heavy atom. The standard InChI is InChI=1S/C17H14F2N6O2/c18-11-1-3-13(14(19)7-11)17(27)21-6-5-16(26)24-12-2-4-15(22-8-12)25-10-20-9-23-25/h1-4,7-10H,5-6H2,(H,21,27)(H,24,26). The summed E-state index contributed by atoms with van der Waals surface area (Å²) in [5, 5.41) is 8.97. The zero-order chi connectivity index (χ0) is 19.2. The molecule has 0 atom stereocenters. The Morgan fingerprint density at radius 1 is 1.15 bits per heavy atom. The van der Waals surface area contributed by atoms with Crippen LogP contribution in [0, 0.1) is 11.6 Å². The van der Waals surface area contributed by atoms with Crippen LogP contribution in [0.4, 0.5) is 14.5 Å². The Kier molecular flexibility index (Phi) is 5.45. The average molecular weight is 372 g/mol. The second-order valence-corrected chi connectivity index (χ2v) is 5.42. The molecule has 0 aliphatic rings. The average Bonchev–Trinajstić information content (AvgIpc) is 3.17. The van der Waals surface area contributed by atoms with Crippen molar-refractivity contribution in [3.63, 3.8) is 0 Å². The molecule has 0 radical (unpaired) electrons. The van der Waals surface area contributed by atoms with Crippen molar-refractivity contribution in [3.05, 3.63) is 66.4 Å². The number of nitrogens with zero attached hydrogens (tertiary/aromatic N) is 4. The maximum atomic E-state index is 13.5. The molecule has 0 fully saturated rings. The second-order valence-electron chi connectivity index (χ2n) is 5.42. The number of aromatic nitrogens is 4. The number of hydrogen-bond acceptors (Lipinski definition) is 5. The fourth-order valence-electron chi connectivity index (χ4n) is 2.20. The molecule has 0 aliphatic heterocycles. The zero-order valence-electron chi connectivity index (χ0n) is 13.9. The fourth-order valence-corrected chi connectivity index (χ4v) is 2.20. The predicted molar refractivity (Wildman–Crippen MR) is 91.1 cm³/mol. The molecule has 2 N–H and O–H groups in total. The zero-order valence-corrected chi connectivity index (χ0v) is 13.9. The molecule has 0 aliphatic carbocycles. The van der Waals surface area contributed by atoms with Gasteiger partial charge in [0, 0.05) is 19.0 Å². The smallest absolute Gasteiger partial charge is 0.254 e. The quantitative estimate of drug-likeness (QED) is 0.686. The largest absolute Gasteiger partial charge is 0.351 e. The lowest BCUT2D eigenvalue weighted by molar-refractivity contribution is -0.116. The first-order valence-corrected chi connectivity index (χ1v) is 7.87. The fraction of sp³-hybridized carbons (Fsp3) is 0.118. The normalized spacial score (nSPS) is 10.4. The van der Waals surface area contributed by atoms with Crippen molar-refractivity contribution in [1.29, 1.82) is 0 Å². The van der Waals surface area contributed by atoms with Crippen LogP contribution < -0.4 is 10.6 Å². The lowest BCUT2D eigenvalue weighted by Gasteiger charge is -2.08. The predicted octanol–water partition coefficient (Wildman–Crippen LogP) is 1.70. The van der Waals surface area contributed by atoms with Gasteiger partial charge in [-0.2, -0.15) is 5.10 Å². The third-order valence-corrected chi connectivity index (χ3v) is 3.50. The topological polar surface area (TPSA) is 102 Å². The van der Waals surface area contributed by atoms with Crippen molar-refractivity contribution in [2.24, 2.45) is 0 Å². The van der Waals surface area contributed by atoms with E-state index in [2.05, 4.69) is 25.7 Å². The summed E-state index contributed by atoms with van der Waals surface area (Å²) >= 11 is 0. The summed E-state index contributed by atoms with van der Waals surface area (Å²) in [6.07, 6.45) is 4.30. The van der Waals surface area contributed by atoms with Crippen LogP contribution in [0.15, 0.2) is 49.2 Å². The molecule has 0 bridgehead atoms. The first-order chi connectivity index (χ1) is 13.0. The summed E-state index contributed by atoms with van der Waals surface area (Å²) in [6, 6.07) is 5.96. The van der Waals surface area contributed by atoms with Crippen LogP contribution in [0.1, 0.15) is 16.8 Å². The Labute approximate surface area is 152 Å². The summed E-state index contributed by atoms with van der Waals surface area (Å²) in [6.45, 7) is -0.00798. The molecule has 10 heteroatoms. The highest BCUT2D eigenvalue weighted by Gasteiger charge is 2.12. The van der Waals surface area contributed by atoms with E-state index < -0.39 is 17.5 Å². The van der Waals surface area contributed by atoms with Gasteiger partial charge in [0.2, 0.25) is 5.91 Å². The van der Waals surface area contributed by atoms with Gasteiger partial charge >= 0.3 is 0 Å². The number of rotatable bonds is 6. The Bertz CT molecular complexity index is 945. The van der Waals surface area contributed by atoms with Gasteiger partial charge in [0.05, 0.1) is 17.4 Å². The minimum Gasteiger partial charge on any atom is -0.351 e. The molecular weight excluding hydrogens is 358 g/mol. The molecule has 1 aromatic carbocycles. The van der Waals surface area contributed by atoms with Crippen LogP contribution >= 0.6 is 0 Å². The van der Waals surface area contributed by atoms with Gasteiger partial charge in [-0.05, 0) is 24.3 Å². The monoisotopic (exact) mass is 372 g/mol. The highest BCUT2D eigenvalue weighted by Crippen LogP contribution is 2.10. The lowest BCUT2D eigenvalue weighted by Crippen LogP contribution is -2.28. The van der Waals surface area contributed by atoms with Gasteiger partial charge in [0.25, 0.3) is 5.91 Å². The first-order valence-electron chi connectivity index (χ1n) is 7.87. The minimum absolute atomic E-state index is 0.00798. The van der Waals surface area contributed by atoms with E-state index in [9.17, 15) is 18.4 Å². The summed E-state index contributed by atoms with van der Waals surface area (Å²) in [5.41, 5.74) is 0.185. The Morgan fingerprint density at radius 3 is 2.67 bits per heavy atom. The van der Waals surface area contributed by atoms with Gasteiger partial charge in [-0.25, -0.2) is 23.4 Å². The van der Waals surface area contributed by atoms with Crippen molar-refractivity contribution in [1.82, 2.24) is 25.1 Å². The molecule has 3 rings (SSSR count). The maximum Gasteiger partial charge on any atom is 0.254 e. The molecule has 0 spiro atoms. The number of amides is 2. The molecule has 138 valence electrons. The molecule has 0 unspecified atom stereocenters. The third kappa shape index (κ3) is 4.69. The van der Waals surface area contributed by atoms with Gasteiger partial charge in [-0.1, -0.05) is 0 Å². The van der Waals surface area contributed by atoms with E-state index in [1.807, 2.05) is 0 Å². The number of hydrogen-bond donors (Lipinski definition) is 2. The molecule has 27 heavy (non-hydrogen) atoms. The minimum atomic E-state index is -0.963. The van der Waals surface area contributed by atoms with Gasteiger partial charge in [-0.3, -0.25) is 9.59 Å². The van der Waals surface area contributed by atoms with E-state index in [1.165, 1.54) is 23.5 Å². The molecule has 3 aromatic rings. The molecule has 2 amide bonds. The van der Waals surface area contributed by atoms with Gasteiger partial charge < -0.3 is 10.6 Å². The van der Waals surface area contributed by atoms with Crippen LogP contribution in [0.25, 0.3) is 5.82 Å². The number of halogens is 2. The number of carbonyl (C=O) groups excluding carboxylic acids is 2. The molecule has 2 aromatic heterocycles. The van der Waals surface area contributed by atoms with Crippen molar-refractivity contribution < 1.29 is 18.4 Å². The summed E-state index contributed by atoms with van der Waals surface area (Å²) < 4.78 is 27.8. The van der Waals surface area contributed by atoms with Crippen LogP contribution in [0.5, 0.6) is 0 Å². The second kappa shape index (κ2) is 8.13. The number of carbonyl (C=O) groups is 2. The van der Waals surface area contributed by atoms with E-state index in [1.54, 1.807) is 12.1 Å². The Balaban J connectivity index is 1.47. The van der Waals surface area contributed by atoms with E-state index in [-0.39, 0.29) is 24.4 Å². The molecule has 2 heterocycles.